The molecule has 64 valence electrons. The molecule has 0 aliphatic heterocycles. The van der Waals surface area contributed by atoms with E-state index in [1.54, 1.807) is 0 Å². The van der Waals surface area contributed by atoms with E-state index in [2.05, 4.69) is 26.5 Å². The molecule has 0 unspecified atom stereocenters. The molecule has 1 aliphatic rings. The van der Waals surface area contributed by atoms with Crippen molar-refractivity contribution in [2.45, 2.75) is 46.0 Å². The van der Waals surface area contributed by atoms with Crippen molar-refractivity contribution in [3.8, 4) is 0 Å². The van der Waals surface area contributed by atoms with Gasteiger partial charge in [-0.15, -0.1) is 6.58 Å². The molecular weight excluding hydrogens is 132 g/mol. The van der Waals surface area contributed by atoms with Gasteiger partial charge in [-0.25, -0.2) is 0 Å². The molecule has 0 nitrogen and oxygen atoms in total. The average Bonchev–Trinajstić information content (AvgIpc) is 2.06. The van der Waals surface area contributed by atoms with Crippen LogP contribution in [0.5, 0.6) is 0 Å². The SMILES string of the molecule is C=CC(C)(C)C1CCCCC1. The van der Waals surface area contributed by atoms with Gasteiger partial charge in [0.25, 0.3) is 0 Å². The highest BCUT2D eigenvalue weighted by atomic mass is 14.3. The summed E-state index contributed by atoms with van der Waals surface area (Å²) in [5, 5.41) is 0. The van der Waals surface area contributed by atoms with Crippen LogP contribution >= 0.6 is 0 Å². The molecule has 0 spiro atoms. The summed E-state index contributed by atoms with van der Waals surface area (Å²) in [5.41, 5.74) is 0.375. The first kappa shape index (κ1) is 8.83. The number of allylic oxidation sites excluding steroid dienone is 1. The van der Waals surface area contributed by atoms with Crippen LogP contribution in [0.4, 0.5) is 0 Å². The van der Waals surface area contributed by atoms with Crippen LogP contribution in [0.3, 0.4) is 0 Å². The molecule has 0 saturated heterocycles. The van der Waals surface area contributed by atoms with Crippen LogP contribution in [0.25, 0.3) is 0 Å². The summed E-state index contributed by atoms with van der Waals surface area (Å²) in [6.07, 6.45) is 9.27. The van der Waals surface area contributed by atoms with E-state index in [1.165, 1.54) is 32.1 Å². The van der Waals surface area contributed by atoms with Crippen LogP contribution in [0.1, 0.15) is 46.0 Å². The van der Waals surface area contributed by atoms with Gasteiger partial charge in [-0.1, -0.05) is 39.2 Å². The largest absolute Gasteiger partial charge is 0.103 e. The molecule has 0 aromatic heterocycles. The molecule has 1 fully saturated rings. The van der Waals surface area contributed by atoms with Crippen LogP contribution in [-0.2, 0) is 0 Å². The Hall–Kier alpha value is -0.260. The van der Waals surface area contributed by atoms with Crippen molar-refractivity contribution in [2.24, 2.45) is 11.3 Å². The summed E-state index contributed by atoms with van der Waals surface area (Å²) < 4.78 is 0. The monoisotopic (exact) mass is 152 g/mol. The van der Waals surface area contributed by atoms with Crippen molar-refractivity contribution in [3.63, 3.8) is 0 Å². The van der Waals surface area contributed by atoms with E-state index < -0.39 is 0 Å². The molecule has 1 aliphatic carbocycles. The molecule has 11 heavy (non-hydrogen) atoms. The first-order valence-corrected chi connectivity index (χ1v) is 4.80. The standard InChI is InChI=1S/C11H20/c1-4-11(2,3)10-8-6-5-7-9-10/h4,10H,1,5-9H2,2-3H3. The van der Waals surface area contributed by atoms with E-state index in [9.17, 15) is 0 Å². The zero-order valence-electron chi connectivity index (χ0n) is 7.90. The molecule has 1 rings (SSSR count). The zero-order chi connectivity index (χ0) is 8.32. The summed E-state index contributed by atoms with van der Waals surface area (Å²) in [6.45, 7) is 8.54. The minimum atomic E-state index is 0.375. The molecule has 0 N–H and O–H groups in total. The van der Waals surface area contributed by atoms with E-state index >= 15 is 0 Å². The van der Waals surface area contributed by atoms with Crippen LogP contribution < -0.4 is 0 Å². The van der Waals surface area contributed by atoms with E-state index in [0.29, 0.717) is 5.41 Å². The van der Waals surface area contributed by atoms with Crippen LogP contribution in [0, 0.1) is 11.3 Å². The fourth-order valence-electron chi connectivity index (χ4n) is 2.01. The van der Waals surface area contributed by atoms with E-state index in [0.717, 1.165) is 5.92 Å². The van der Waals surface area contributed by atoms with E-state index in [1.807, 2.05) is 0 Å². The summed E-state index contributed by atoms with van der Waals surface area (Å²) >= 11 is 0. The Morgan fingerprint density at radius 1 is 1.18 bits per heavy atom. The molecule has 0 heteroatoms. The highest BCUT2D eigenvalue weighted by molar-refractivity contribution is 4.93. The molecule has 0 amide bonds. The minimum absolute atomic E-state index is 0.375. The number of hydrogen-bond acceptors (Lipinski definition) is 0. The topological polar surface area (TPSA) is 0 Å². The third-order valence-electron chi connectivity index (χ3n) is 3.18. The highest BCUT2D eigenvalue weighted by Crippen LogP contribution is 2.38. The van der Waals surface area contributed by atoms with Gasteiger partial charge in [0.15, 0.2) is 0 Å². The second kappa shape index (κ2) is 3.42. The van der Waals surface area contributed by atoms with Gasteiger partial charge in [0.2, 0.25) is 0 Å². The van der Waals surface area contributed by atoms with Gasteiger partial charge in [-0.3, -0.25) is 0 Å². The Balaban J connectivity index is 2.50. The Kier molecular flexibility index (Phi) is 2.75. The number of hydrogen-bond donors (Lipinski definition) is 0. The number of rotatable bonds is 2. The molecule has 0 aromatic carbocycles. The summed E-state index contributed by atoms with van der Waals surface area (Å²) in [6, 6.07) is 0. The predicted molar refractivity (Wildman–Crippen MR) is 50.6 cm³/mol. The van der Waals surface area contributed by atoms with Crippen LogP contribution in [-0.4, -0.2) is 0 Å². The molecule has 0 aromatic rings. The zero-order valence-corrected chi connectivity index (χ0v) is 7.90. The Morgan fingerprint density at radius 2 is 1.73 bits per heavy atom. The Labute approximate surface area is 70.7 Å². The smallest absolute Gasteiger partial charge is 0.0149 e. The molecular formula is C11H20. The lowest BCUT2D eigenvalue weighted by Gasteiger charge is -2.34. The second-order valence-electron chi connectivity index (χ2n) is 4.36. The molecule has 0 heterocycles. The molecule has 0 radical (unpaired) electrons. The quantitative estimate of drug-likeness (QED) is 0.528. The van der Waals surface area contributed by atoms with Gasteiger partial charge in [0.05, 0.1) is 0 Å². The fraction of sp³-hybridized carbons (Fsp3) is 0.818. The Morgan fingerprint density at radius 3 is 2.18 bits per heavy atom. The lowest BCUT2D eigenvalue weighted by atomic mass is 9.71. The summed E-state index contributed by atoms with van der Waals surface area (Å²) in [5.74, 6) is 0.897. The van der Waals surface area contributed by atoms with Crippen molar-refractivity contribution in [3.05, 3.63) is 12.7 Å². The van der Waals surface area contributed by atoms with Gasteiger partial charge in [-0.05, 0) is 24.2 Å². The maximum absolute atomic E-state index is 3.91. The lowest BCUT2D eigenvalue weighted by Crippen LogP contribution is -2.23. The van der Waals surface area contributed by atoms with E-state index in [4.69, 9.17) is 0 Å². The Bertz CT molecular complexity index is 127. The van der Waals surface area contributed by atoms with Crippen LogP contribution in [0.15, 0.2) is 12.7 Å². The van der Waals surface area contributed by atoms with E-state index in [-0.39, 0.29) is 0 Å². The lowest BCUT2D eigenvalue weighted by molar-refractivity contribution is 0.210. The van der Waals surface area contributed by atoms with Gasteiger partial charge in [0.1, 0.15) is 0 Å². The third-order valence-corrected chi connectivity index (χ3v) is 3.18. The predicted octanol–water partition coefficient (Wildman–Crippen LogP) is 3.78. The minimum Gasteiger partial charge on any atom is -0.103 e. The maximum Gasteiger partial charge on any atom is -0.0149 e. The summed E-state index contributed by atoms with van der Waals surface area (Å²) in [4.78, 5) is 0. The molecule has 1 saturated carbocycles. The third kappa shape index (κ3) is 2.08. The fourth-order valence-corrected chi connectivity index (χ4v) is 2.01. The van der Waals surface area contributed by atoms with Gasteiger partial charge < -0.3 is 0 Å². The van der Waals surface area contributed by atoms with Crippen molar-refractivity contribution < 1.29 is 0 Å². The van der Waals surface area contributed by atoms with Gasteiger partial charge >= 0.3 is 0 Å². The highest BCUT2D eigenvalue weighted by Gasteiger charge is 2.27. The van der Waals surface area contributed by atoms with Gasteiger partial charge in [0, 0.05) is 0 Å². The first-order chi connectivity index (χ1) is 5.17. The summed E-state index contributed by atoms with van der Waals surface area (Å²) in [7, 11) is 0. The molecule has 0 bridgehead atoms. The molecule has 0 atom stereocenters. The van der Waals surface area contributed by atoms with Gasteiger partial charge in [-0.2, -0.15) is 0 Å². The maximum atomic E-state index is 3.91. The average molecular weight is 152 g/mol. The van der Waals surface area contributed by atoms with Crippen LogP contribution in [0.2, 0.25) is 0 Å². The van der Waals surface area contributed by atoms with Crippen molar-refractivity contribution >= 4 is 0 Å². The first-order valence-electron chi connectivity index (χ1n) is 4.80. The van der Waals surface area contributed by atoms with Crippen molar-refractivity contribution in [1.82, 2.24) is 0 Å². The van der Waals surface area contributed by atoms with Crippen molar-refractivity contribution in [1.29, 1.82) is 0 Å². The normalized spacial score (nSPS) is 21.6. The van der Waals surface area contributed by atoms with Crippen molar-refractivity contribution in [2.75, 3.05) is 0 Å². The second-order valence-corrected chi connectivity index (χ2v) is 4.36.